The van der Waals surface area contributed by atoms with Crippen molar-refractivity contribution in [2.75, 3.05) is 18.4 Å². The fraction of sp³-hybridized carbons (Fsp3) is 0.545. The van der Waals surface area contributed by atoms with Gasteiger partial charge in [0.1, 0.15) is 5.60 Å². The number of nitrogens with one attached hydrogen (secondary N) is 1. The van der Waals surface area contributed by atoms with Gasteiger partial charge in [-0.25, -0.2) is 14.8 Å². The van der Waals surface area contributed by atoms with Gasteiger partial charge < -0.3 is 15.0 Å². The van der Waals surface area contributed by atoms with Crippen molar-refractivity contribution in [2.45, 2.75) is 65.0 Å². The van der Waals surface area contributed by atoms with Crippen molar-refractivity contribution in [1.82, 2.24) is 24.3 Å². The van der Waals surface area contributed by atoms with Crippen LogP contribution in [0.15, 0.2) is 22.9 Å². The Kier molecular flexibility index (Phi) is 5.81. The highest BCUT2D eigenvalue weighted by atomic mass is 79.9. The summed E-state index contributed by atoms with van der Waals surface area (Å²) in [5, 5.41) is 4.34. The largest absolute Gasteiger partial charge is 0.444 e. The molecule has 0 radical (unpaired) electrons. The third kappa shape index (κ3) is 4.76. The van der Waals surface area contributed by atoms with Gasteiger partial charge in [-0.1, -0.05) is 13.8 Å². The van der Waals surface area contributed by atoms with E-state index >= 15 is 0 Å². The second-order valence-electron chi connectivity index (χ2n) is 9.39. The highest BCUT2D eigenvalue weighted by molar-refractivity contribution is 9.10. The minimum Gasteiger partial charge on any atom is -0.444 e. The number of aromatic nitrogens is 4. The van der Waals surface area contributed by atoms with Crippen LogP contribution in [0, 0.1) is 0 Å². The number of fused-ring (bicyclic) bond motifs is 3. The van der Waals surface area contributed by atoms with Crippen molar-refractivity contribution in [3.63, 3.8) is 0 Å². The van der Waals surface area contributed by atoms with Gasteiger partial charge in [-0.3, -0.25) is 4.40 Å². The quantitative estimate of drug-likeness (QED) is 0.559. The monoisotopic (exact) mass is 488 g/mol. The number of nitrogens with zero attached hydrogens (tertiary/aromatic N) is 5. The zero-order chi connectivity index (χ0) is 22.3. The van der Waals surface area contributed by atoms with Crippen LogP contribution in [0.1, 0.15) is 59.1 Å². The van der Waals surface area contributed by atoms with E-state index in [0.29, 0.717) is 25.0 Å². The molecule has 1 aliphatic rings. The summed E-state index contributed by atoms with van der Waals surface area (Å²) in [6.45, 7) is 11.2. The molecule has 9 heteroatoms. The van der Waals surface area contributed by atoms with Crippen molar-refractivity contribution < 1.29 is 9.53 Å². The molecule has 1 saturated heterocycles. The fourth-order valence-electron chi connectivity index (χ4n) is 3.72. The van der Waals surface area contributed by atoms with E-state index in [4.69, 9.17) is 14.7 Å². The Morgan fingerprint density at radius 1 is 1.29 bits per heavy atom. The summed E-state index contributed by atoms with van der Waals surface area (Å²) in [5.41, 5.74) is 2.16. The summed E-state index contributed by atoms with van der Waals surface area (Å²) < 4.78 is 8.45. The van der Waals surface area contributed by atoms with Gasteiger partial charge in [0.05, 0.1) is 10.2 Å². The normalized spacial score (nSPS) is 17.5. The number of imidazole rings is 1. The van der Waals surface area contributed by atoms with Gasteiger partial charge in [-0.05, 0) is 61.5 Å². The third-order valence-electron chi connectivity index (χ3n) is 5.24. The van der Waals surface area contributed by atoms with Gasteiger partial charge in [-0.15, -0.1) is 0 Å². The Bertz CT molecular complexity index is 1120. The number of piperidine rings is 1. The average Bonchev–Trinajstić information content (AvgIpc) is 3.14. The van der Waals surface area contributed by atoms with E-state index in [2.05, 4.69) is 40.1 Å². The number of halogens is 1. The maximum atomic E-state index is 12.5. The van der Waals surface area contributed by atoms with Crippen molar-refractivity contribution in [3.05, 3.63) is 28.6 Å². The van der Waals surface area contributed by atoms with E-state index in [-0.39, 0.29) is 12.1 Å². The Morgan fingerprint density at radius 3 is 2.77 bits per heavy atom. The molecule has 1 amide bonds. The van der Waals surface area contributed by atoms with Crippen LogP contribution < -0.4 is 5.32 Å². The SMILES string of the molecule is CC(C)c1cn2c(n1)c(Br)cc1cnc(NC3CCCN(C(=O)OC(C)(C)C)C3)nc12. The standard InChI is InChI=1S/C22H29BrN6O2/c1-13(2)17-12-29-18-14(9-16(23)19(29)26-17)10-24-20(27-18)25-15-7-6-8-28(11-15)21(30)31-22(3,4)5/h9-10,12-13,15H,6-8,11H2,1-5H3,(H,24,25,27). The fourth-order valence-corrected chi connectivity index (χ4v) is 4.25. The highest BCUT2D eigenvalue weighted by Gasteiger charge is 2.28. The van der Waals surface area contributed by atoms with Crippen molar-refractivity contribution in [1.29, 1.82) is 0 Å². The Morgan fingerprint density at radius 2 is 2.06 bits per heavy atom. The number of pyridine rings is 1. The van der Waals surface area contributed by atoms with E-state index < -0.39 is 5.60 Å². The molecule has 1 fully saturated rings. The number of rotatable bonds is 3. The predicted molar refractivity (Wildman–Crippen MR) is 125 cm³/mol. The second-order valence-corrected chi connectivity index (χ2v) is 10.2. The van der Waals surface area contributed by atoms with Crippen LogP contribution in [0.5, 0.6) is 0 Å². The van der Waals surface area contributed by atoms with Crippen LogP contribution in [0.25, 0.3) is 16.7 Å². The molecule has 3 aromatic rings. The summed E-state index contributed by atoms with van der Waals surface area (Å²) in [6.07, 6.45) is 5.43. The average molecular weight is 489 g/mol. The van der Waals surface area contributed by atoms with Crippen LogP contribution in [-0.4, -0.2) is 55.1 Å². The topological polar surface area (TPSA) is 84.7 Å². The smallest absolute Gasteiger partial charge is 0.410 e. The van der Waals surface area contributed by atoms with E-state index in [1.807, 2.05) is 43.6 Å². The minimum atomic E-state index is -0.502. The maximum absolute atomic E-state index is 12.5. The van der Waals surface area contributed by atoms with Crippen LogP contribution >= 0.6 is 15.9 Å². The molecule has 4 heterocycles. The van der Waals surface area contributed by atoms with Crippen molar-refractivity contribution in [2.24, 2.45) is 0 Å². The molecular weight excluding hydrogens is 460 g/mol. The lowest BCUT2D eigenvalue weighted by atomic mass is 10.1. The van der Waals surface area contributed by atoms with Gasteiger partial charge in [-0.2, -0.15) is 4.98 Å². The van der Waals surface area contributed by atoms with Crippen molar-refractivity contribution >= 4 is 44.7 Å². The molecule has 1 unspecified atom stereocenters. The first-order chi connectivity index (χ1) is 14.6. The first kappa shape index (κ1) is 21.8. The number of hydrogen-bond acceptors (Lipinski definition) is 6. The van der Waals surface area contributed by atoms with Crippen LogP contribution in [0.2, 0.25) is 0 Å². The predicted octanol–water partition coefficient (Wildman–Crippen LogP) is 4.97. The second kappa shape index (κ2) is 8.26. The number of carbonyl (C=O) groups is 1. The molecule has 0 saturated carbocycles. The van der Waals surface area contributed by atoms with Gasteiger partial charge >= 0.3 is 6.09 Å². The molecule has 0 aromatic carbocycles. The number of amides is 1. The molecule has 4 rings (SSSR count). The van der Waals surface area contributed by atoms with Gasteiger partial charge in [0, 0.05) is 36.9 Å². The van der Waals surface area contributed by atoms with E-state index in [0.717, 1.165) is 39.7 Å². The zero-order valence-corrected chi connectivity index (χ0v) is 20.2. The van der Waals surface area contributed by atoms with Crippen LogP contribution in [0.3, 0.4) is 0 Å². The third-order valence-corrected chi connectivity index (χ3v) is 5.83. The lowest BCUT2D eigenvalue weighted by molar-refractivity contribution is 0.0206. The lowest BCUT2D eigenvalue weighted by Gasteiger charge is -2.34. The van der Waals surface area contributed by atoms with Gasteiger partial charge in [0.2, 0.25) is 5.95 Å². The van der Waals surface area contributed by atoms with Crippen molar-refractivity contribution in [3.8, 4) is 0 Å². The first-order valence-electron chi connectivity index (χ1n) is 10.7. The van der Waals surface area contributed by atoms with Gasteiger partial charge in [0.15, 0.2) is 11.3 Å². The summed E-state index contributed by atoms with van der Waals surface area (Å²) >= 11 is 3.62. The molecule has 166 valence electrons. The Labute approximate surface area is 190 Å². The maximum Gasteiger partial charge on any atom is 0.410 e. The number of likely N-dealkylation sites (tertiary alicyclic amines) is 1. The first-order valence-corrected chi connectivity index (χ1v) is 11.5. The molecule has 1 N–H and O–H groups in total. The number of anilines is 1. The number of hydrogen-bond donors (Lipinski definition) is 1. The Balaban J connectivity index is 1.58. The van der Waals surface area contributed by atoms with E-state index in [1.165, 1.54) is 0 Å². The van der Waals surface area contributed by atoms with Gasteiger partial charge in [0.25, 0.3) is 0 Å². The Hall–Kier alpha value is -2.42. The molecule has 0 bridgehead atoms. The summed E-state index contributed by atoms with van der Waals surface area (Å²) in [7, 11) is 0. The number of ether oxygens (including phenoxy) is 1. The number of carbonyl (C=O) groups excluding carboxylic acids is 1. The molecule has 3 aromatic heterocycles. The zero-order valence-electron chi connectivity index (χ0n) is 18.6. The molecule has 0 aliphatic carbocycles. The minimum absolute atomic E-state index is 0.0682. The van der Waals surface area contributed by atoms with Crippen LogP contribution in [0.4, 0.5) is 10.7 Å². The summed E-state index contributed by atoms with van der Waals surface area (Å²) in [4.78, 5) is 28.2. The highest BCUT2D eigenvalue weighted by Crippen LogP contribution is 2.27. The summed E-state index contributed by atoms with van der Waals surface area (Å²) in [6, 6.07) is 2.06. The molecule has 1 atom stereocenters. The van der Waals surface area contributed by atoms with E-state index in [1.54, 1.807) is 4.90 Å². The molecule has 31 heavy (non-hydrogen) atoms. The molecule has 0 spiro atoms. The lowest BCUT2D eigenvalue weighted by Crippen LogP contribution is -2.47. The molecular formula is C22H29BrN6O2. The summed E-state index contributed by atoms with van der Waals surface area (Å²) in [5.74, 6) is 0.870. The van der Waals surface area contributed by atoms with Crippen LogP contribution in [-0.2, 0) is 4.74 Å². The molecule has 8 nitrogen and oxygen atoms in total. The van der Waals surface area contributed by atoms with E-state index in [9.17, 15) is 4.79 Å². The molecule has 1 aliphatic heterocycles.